The van der Waals surface area contributed by atoms with Crippen molar-refractivity contribution in [2.45, 2.75) is 20.3 Å². The van der Waals surface area contributed by atoms with Gasteiger partial charge in [-0.1, -0.05) is 29.8 Å². The quantitative estimate of drug-likeness (QED) is 0.896. The Morgan fingerprint density at radius 2 is 2.12 bits per heavy atom. The first kappa shape index (κ1) is 12.3. The molecule has 0 bridgehead atoms. The summed E-state index contributed by atoms with van der Waals surface area (Å²) in [6.07, 6.45) is 1.01. The molecule has 0 radical (unpaired) electrons. The highest BCUT2D eigenvalue weighted by Crippen LogP contribution is 2.30. The Hall–Kier alpha value is -1.19. The van der Waals surface area contributed by atoms with Crippen molar-refractivity contribution >= 4 is 11.3 Å². The maximum atomic E-state index is 4.63. The third-order valence-corrected chi connectivity index (χ3v) is 3.98. The Bertz CT molecular complexity index is 503. The molecule has 0 aliphatic rings. The molecule has 0 atom stereocenters. The van der Waals surface area contributed by atoms with Gasteiger partial charge < -0.3 is 5.32 Å². The van der Waals surface area contributed by atoms with E-state index in [1.165, 1.54) is 21.0 Å². The molecular weight excluding hydrogens is 228 g/mol. The second-order valence-corrected chi connectivity index (χ2v) is 5.33. The predicted molar refractivity (Wildman–Crippen MR) is 74.7 cm³/mol. The maximum Gasteiger partial charge on any atom is 0.0947 e. The van der Waals surface area contributed by atoms with Gasteiger partial charge in [0.2, 0.25) is 0 Å². The zero-order valence-corrected chi connectivity index (χ0v) is 11.4. The minimum atomic E-state index is 0.986. The highest BCUT2D eigenvalue weighted by molar-refractivity contribution is 7.15. The summed E-state index contributed by atoms with van der Waals surface area (Å²) >= 11 is 1.81. The fraction of sp³-hybridized carbons (Fsp3) is 0.357. The number of nitrogens with one attached hydrogen (secondary N) is 1. The Balaban J connectivity index is 2.29. The number of aromatic nitrogens is 1. The molecule has 0 unspecified atom stereocenters. The van der Waals surface area contributed by atoms with E-state index in [9.17, 15) is 0 Å². The zero-order valence-electron chi connectivity index (χ0n) is 10.6. The SMILES string of the molecule is CNCCc1nc(C)c(-c2cccc(C)c2)s1. The fourth-order valence-corrected chi connectivity index (χ4v) is 2.91. The summed E-state index contributed by atoms with van der Waals surface area (Å²) in [5.74, 6) is 0. The van der Waals surface area contributed by atoms with Crippen LogP contribution in [-0.2, 0) is 6.42 Å². The first-order valence-corrected chi connectivity index (χ1v) is 6.70. The monoisotopic (exact) mass is 246 g/mol. The zero-order chi connectivity index (χ0) is 12.3. The van der Waals surface area contributed by atoms with Gasteiger partial charge in [0.25, 0.3) is 0 Å². The summed E-state index contributed by atoms with van der Waals surface area (Å²) in [6.45, 7) is 5.21. The van der Waals surface area contributed by atoms with Gasteiger partial charge in [0, 0.05) is 13.0 Å². The van der Waals surface area contributed by atoms with Crippen LogP contribution in [0.4, 0.5) is 0 Å². The third-order valence-electron chi connectivity index (χ3n) is 2.71. The lowest BCUT2D eigenvalue weighted by Crippen LogP contribution is -2.09. The van der Waals surface area contributed by atoms with Crippen molar-refractivity contribution in [3.63, 3.8) is 0 Å². The van der Waals surface area contributed by atoms with E-state index in [1.54, 1.807) is 0 Å². The van der Waals surface area contributed by atoms with Crippen molar-refractivity contribution in [3.8, 4) is 10.4 Å². The number of hydrogen-bond acceptors (Lipinski definition) is 3. The molecule has 1 aromatic carbocycles. The molecule has 0 fully saturated rings. The van der Waals surface area contributed by atoms with Crippen molar-refractivity contribution in [1.82, 2.24) is 10.3 Å². The fourth-order valence-electron chi connectivity index (χ4n) is 1.85. The van der Waals surface area contributed by atoms with Gasteiger partial charge >= 0.3 is 0 Å². The van der Waals surface area contributed by atoms with E-state index in [0.29, 0.717) is 0 Å². The molecule has 1 heterocycles. The lowest BCUT2D eigenvalue weighted by molar-refractivity contribution is 0.786. The summed E-state index contributed by atoms with van der Waals surface area (Å²) in [4.78, 5) is 5.94. The lowest BCUT2D eigenvalue weighted by atomic mass is 10.1. The summed E-state index contributed by atoms with van der Waals surface area (Å²) in [7, 11) is 1.97. The van der Waals surface area contributed by atoms with Crippen LogP contribution < -0.4 is 5.32 Å². The molecule has 90 valence electrons. The Kier molecular flexibility index (Phi) is 3.92. The summed E-state index contributed by atoms with van der Waals surface area (Å²) in [6, 6.07) is 8.62. The van der Waals surface area contributed by atoms with Gasteiger partial charge in [-0.2, -0.15) is 0 Å². The van der Waals surface area contributed by atoms with E-state index in [4.69, 9.17) is 0 Å². The molecule has 1 N–H and O–H groups in total. The van der Waals surface area contributed by atoms with E-state index in [0.717, 1.165) is 18.7 Å². The smallest absolute Gasteiger partial charge is 0.0947 e. The molecular formula is C14H18N2S. The highest BCUT2D eigenvalue weighted by atomic mass is 32.1. The van der Waals surface area contributed by atoms with Crippen LogP contribution in [0.25, 0.3) is 10.4 Å². The summed E-state index contributed by atoms with van der Waals surface area (Å²) in [5.41, 5.74) is 3.73. The first-order valence-electron chi connectivity index (χ1n) is 5.88. The Morgan fingerprint density at radius 3 is 2.82 bits per heavy atom. The number of thiazole rings is 1. The molecule has 0 saturated heterocycles. The standard InChI is InChI=1S/C14H18N2S/c1-10-5-4-6-12(9-10)14-11(2)16-13(17-14)7-8-15-3/h4-6,9,15H,7-8H2,1-3H3. The average molecular weight is 246 g/mol. The molecule has 0 spiro atoms. The van der Waals surface area contributed by atoms with Crippen LogP contribution in [0.15, 0.2) is 24.3 Å². The van der Waals surface area contributed by atoms with Crippen LogP contribution in [0.1, 0.15) is 16.3 Å². The van der Waals surface area contributed by atoms with Crippen molar-refractivity contribution in [3.05, 3.63) is 40.5 Å². The van der Waals surface area contributed by atoms with Gasteiger partial charge in [-0.15, -0.1) is 11.3 Å². The van der Waals surface area contributed by atoms with Crippen molar-refractivity contribution in [1.29, 1.82) is 0 Å². The number of benzene rings is 1. The lowest BCUT2D eigenvalue weighted by Gasteiger charge is -1.99. The van der Waals surface area contributed by atoms with Gasteiger partial charge in [0.1, 0.15) is 0 Å². The Morgan fingerprint density at radius 1 is 1.29 bits per heavy atom. The third kappa shape index (κ3) is 2.93. The number of nitrogens with zero attached hydrogens (tertiary/aromatic N) is 1. The molecule has 0 aliphatic heterocycles. The van der Waals surface area contributed by atoms with Gasteiger partial charge in [-0.25, -0.2) is 4.98 Å². The van der Waals surface area contributed by atoms with E-state index >= 15 is 0 Å². The van der Waals surface area contributed by atoms with Crippen LogP contribution in [0, 0.1) is 13.8 Å². The van der Waals surface area contributed by atoms with Gasteiger partial charge in [0.05, 0.1) is 15.6 Å². The van der Waals surface area contributed by atoms with E-state index in [2.05, 4.69) is 48.4 Å². The van der Waals surface area contributed by atoms with E-state index in [1.807, 2.05) is 18.4 Å². The van der Waals surface area contributed by atoms with Gasteiger partial charge in [0.15, 0.2) is 0 Å². The second kappa shape index (κ2) is 5.43. The minimum Gasteiger partial charge on any atom is -0.319 e. The summed E-state index contributed by atoms with van der Waals surface area (Å²) in [5, 5.41) is 4.38. The van der Waals surface area contributed by atoms with Crippen LogP contribution in [0.2, 0.25) is 0 Å². The van der Waals surface area contributed by atoms with Crippen LogP contribution in [0.3, 0.4) is 0 Å². The molecule has 2 nitrogen and oxygen atoms in total. The van der Waals surface area contributed by atoms with E-state index in [-0.39, 0.29) is 0 Å². The molecule has 0 saturated carbocycles. The number of aryl methyl sites for hydroxylation is 2. The van der Waals surface area contributed by atoms with Crippen LogP contribution in [0.5, 0.6) is 0 Å². The predicted octanol–water partition coefficient (Wildman–Crippen LogP) is 3.19. The normalized spacial score (nSPS) is 10.8. The molecule has 0 amide bonds. The minimum absolute atomic E-state index is 0.986. The topological polar surface area (TPSA) is 24.9 Å². The number of rotatable bonds is 4. The van der Waals surface area contributed by atoms with E-state index < -0.39 is 0 Å². The molecule has 2 aromatic rings. The van der Waals surface area contributed by atoms with Crippen LogP contribution >= 0.6 is 11.3 Å². The maximum absolute atomic E-state index is 4.63. The number of hydrogen-bond donors (Lipinski definition) is 1. The molecule has 3 heteroatoms. The molecule has 2 rings (SSSR count). The average Bonchev–Trinajstić information content (AvgIpc) is 2.68. The van der Waals surface area contributed by atoms with Crippen LogP contribution in [-0.4, -0.2) is 18.6 Å². The van der Waals surface area contributed by atoms with Gasteiger partial charge in [-0.05, 0) is 26.5 Å². The number of likely N-dealkylation sites (N-methyl/N-ethyl adjacent to an activating group) is 1. The molecule has 0 aliphatic carbocycles. The highest BCUT2D eigenvalue weighted by Gasteiger charge is 2.09. The van der Waals surface area contributed by atoms with Crippen molar-refractivity contribution < 1.29 is 0 Å². The first-order chi connectivity index (χ1) is 8.20. The van der Waals surface area contributed by atoms with Gasteiger partial charge in [-0.3, -0.25) is 0 Å². The largest absolute Gasteiger partial charge is 0.319 e. The van der Waals surface area contributed by atoms with Crippen molar-refractivity contribution in [2.75, 3.05) is 13.6 Å². The van der Waals surface area contributed by atoms with Crippen molar-refractivity contribution in [2.24, 2.45) is 0 Å². The molecule has 1 aromatic heterocycles. The summed E-state index contributed by atoms with van der Waals surface area (Å²) < 4.78 is 0. The second-order valence-electron chi connectivity index (χ2n) is 4.25. The Labute approximate surface area is 107 Å². The molecule has 17 heavy (non-hydrogen) atoms.